The van der Waals surface area contributed by atoms with E-state index in [1.807, 2.05) is 18.2 Å². The summed E-state index contributed by atoms with van der Waals surface area (Å²) in [4.78, 5) is 27.0. The molecule has 1 aromatic heterocycles. The maximum absolute atomic E-state index is 12.2. The molecule has 0 atom stereocenters. The standard InChI is InChI=1S/C22H18BrClN2O5S/c1-30-18-9-13(6-7-19(27)26-22-25-15(12-32-22)10-20(28)29)8-16(23)21(18)31-11-14-4-2-3-5-17(14)24/h2-9,12H,10-11H2,1H3,(H,28,29)(H,25,26,27)/b7-6+. The number of benzene rings is 2. The number of thiazole rings is 1. The molecule has 0 aliphatic carbocycles. The van der Waals surface area contributed by atoms with Crippen LogP contribution < -0.4 is 14.8 Å². The predicted molar refractivity (Wildman–Crippen MR) is 128 cm³/mol. The van der Waals surface area contributed by atoms with Crippen LogP contribution in [0.1, 0.15) is 16.8 Å². The van der Waals surface area contributed by atoms with E-state index in [-0.39, 0.29) is 13.0 Å². The summed E-state index contributed by atoms with van der Waals surface area (Å²) in [6, 6.07) is 10.9. The summed E-state index contributed by atoms with van der Waals surface area (Å²) in [7, 11) is 1.53. The number of carboxylic acid groups (broad SMARTS) is 1. The second-order valence-electron chi connectivity index (χ2n) is 6.45. The Balaban J connectivity index is 1.67. The third-order valence-corrected chi connectivity index (χ3v) is 5.89. The molecule has 2 N–H and O–H groups in total. The molecule has 0 aliphatic rings. The smallest absolute Gasteiger partial charge is 0.309 e. The maximum atomic E-state index is 12.2. The summed E-state index contributed by atoms with van der Waals surface area (Å²) in [5.41, 5.74) is 1.94. The van der Waals surface area contributed by atoms with Crippen molar-refractivity contribution in [2.75, 3.05) is 12.4 Å². The van der Waals surface area contributed by atoms with Crippen molar-refractivity contribution < 1.29 is 24.2 Å². The van der Waals surface area contributed by atoms with Gasteiger partial charge in [0, 0.05) is 22.0 Å². The molecule has 0 spiro atoms. The van der Waals surface area contributed by atoms with E-state index in [1.165, 1.54) is 13.2 Å². The fraction of sp³-hybridized carbons (Fsp3) is 0.136. The van der Waals surface area contributed by atoms with Gasteiger partial charge in [0.15, 0.2) is 16.6 Å². The zero-order valence-corrected chi connectivity index (χ0v) is 20.0. The first-order chi connectivity index (χ1) is 15.4. The summed E-state index contributed by atoms with van der Waals surface area (Å²) in [5.74, 6) is -0.366. The molecule has 2 aromatic carbocycles. The van der Waals surface area contributed by atoms with Crippen LogP contribution in [0.5, 0.6) is 11.5 Å². The van der Waals surface area contributed by atoms with E-state index >= 15 is 0 Å². The Morgan fingerprint density at radius 1 is 1.31 bits per heavy atom. The van der Waals surface area contributed by atoms with Gasteiger partial charge >= 0.3 is 5.97 Å². The van der Waals surface area contributed by atoms with Crippen LogP contribution in [0.15, 0.2) is 52.3 Å². The Morgan fingerprint density at radius 3 is 2.81 bits per heavy atom. The van der Waals surface area contributed by atoms with Gasteiger partial charge in [0.05, 0.1) is 23.7 Å². The summed E-state index contributed by atoms with van der Waals surface area (Å²) >= 11 is 10.8. The number of hydrogen-bond acceptors (Lipinski definition) is 6. The SMILES string of the molecule is COc1cc(/C=C/C(=O)Nc2nc(CC(=O)O)cs2)cc(Br)c1OCc1ccccc1Cl. The normalized spacial score (nSPS) is 10.8. The molecular weight excluding hydrogens is 520 g/mol. The van der Waals surface area contributed by atoms with E-state index in [2.05, 4.69) is 26.2 Å². The molecule has 10 heteroatoms. The average Bonchev–Trinajstić information content (AvgIpc) is 3.18. The molecule has 0 radical (unpaired) electrons. The van der Waals surface area contributed by atoms with E-state index in [1.54, 1.807) is 29.7 Å². The van der Waals surface area contributed by atoms with Gasteiger partial charge in [-0.05, 0) is 45.8 Å². The highest BCUT2D eigenvalue weighted by Gasteiger charge is 2.13. The van der Waals surface area contributed by atoms with Crippen molar-refractivity contribution in [3.8, 4) is 11.5 Å². The minimum Gasteiger partial charge on any atom is -0.493 e. The minimum absolute atomic E-state index is 0.194. The summed E-state index contributed by atoms with van der Waals surface area (Å²) in [5, 5.41) is 13.9. The number of methoxy groups -OCH3 is 1. The summed E-state index contributed by atoms with van der Waals surface area (Å²) < 4.78 is 12.0. The predicted octanol–water partition coefficient (Wildman–Crippen LogP) is 5.43. The third kappa shape index (κ3) is 6.56. The second kappa shape index (κ2) is 11.1. The van der Waals surface area contributed by atoms with Crippen LogP contribution in [0.25, 0.3) is 6.08 Å². The number of ether oxygens (including phenoxy) is 2. The molecule has 3 rings (SSSR count). The number of hydrogen-bond donors (Lipinski definition) is 2. The van der Waals surface area contributed by atoms with Crippen molar-refractivity contribution in [3.05, 3.63) is 74.2 Å². The Bertz CT molecular complexity index is 1160. The van der Waals surface area contributed by atoms with Crippen molar-refractivity contribution >= 4 is 62.0 Å². The van der Waals surface area contributed by atoms with Gasteiger partial charge in [-0.2, -0.15) is 0 Å². The van der Waals surface area contributed by atoms with E-state index in [0.717, 1.165) is 16.9 Å². The first-order valence-electron chi connectivity index (χ1n) is 9.24. The molecule has 166 valence electrons. The lowest BCUT2D eigenvalue weighted by atomic mass is 10.2. The third-order valence-electron chi connectivity index (χ3n) is 4.12. The first-order valence-corrected chi connectivity index (χ1v) is 11.3. The van der Waals surface area contributed by atoms with Crippen LogP contribution in [-0.2, 0) is 22.6 Å². The lowest BCUT2D eigenvalue weighted by Crippen LogP contribution is -2.08. The van der Waals surface area contributed by atoms with E-state index in [9.17, 15) is 9.59 Å². The molecule has 32 heavy (non-hydrogen) atoms. The monoisotopic (exact) mass is 536 g/mol. The van der Waals surface area contributed by atoms with Crippen molar-refractivity contribution in [1.82, 2.24) is 4.98 Å². The van der Waals surface area contributed by atoms with Gasteiger partial charge < -0.3 is 14.6 Å². The van der Waals surface area contributed by atoms with Gasteiger partial charge in [0.2, 0.25) is 5.91 Å². The molecule has 0 saturated carbocycles. The molecule has 0 unspecified atom stereocenters. The Kier molecular flexibility index (Phi) is 8.26. The van der Waals surface area contributed by atoms with E-state index in [0.29, 0.717) is 37.4 Å². The van der Waals surface area contributed by atoms with Gasteiger partial charge in [-0.25, -0.2) is 4.98 Å². The van der Waals surface area contributed by atoms with Crippen LogP contribution in [0.4, 0.5) is 5.13 Å². The Morgan fingerprint density at radius 2 is 2.09 bits per heavy atom. The largest absolute Gasteiger partial charge is 0.493 e. The molecule has 0 aliphatic heterocycles. The van der Waals surface area contributed by atoms with Crippen LogP contribution in [-0.4, -0.2) is 29.1 Å². The average molecular weight is 538 g/mol. The minimum atomic E-state index is -0.980. The number of carboxylic acids is 1. The van der Waals surface area contributed by atoms with Crippen molar-refractivity contribution in [2.24, 2.45) is 0 Å². The van der Waals surface area contributed by atoms with Crippen molar-refractivity contribution in [2.45, 2.75) is 13.0 Å². The number of rotatable bonds is 9. The molecular formula is C22H18BrClN2O5S. The number of carbonyl (C=O) groups is 2. The number of nitrogens with one attached hydrogen (secondary N) is 1. The highest BCUT2D eigenvalue weighted by Crippen LogP contribution is 2.38. The molecule has 1 heterocycles. The fourth-order valence-electron chi connectivity index (χ4n) is 2.66. The zero-order valence-electron chi connectivity index (χ0n) is 16.8. The molecule has 1 amide bonds. The second-order valence-corrected chi connectivity index (χ2v) is 8.57. The number of aliphatic carboxylic acids is 1. The van der Waals surface area contributed by atoms with Crippen molar-refractivity contribution in [3.63, 3.8) is 0 Å². The Labute approximate surface area is 201 Å². The van der Waals surface area contributed by atoms with Crippen LogP contribution in [0, 0.1) is 0 Å². The molecule has 0 bridgehead atoms. The van der Waals surface area contributed by atoms with E-state index < -0.39 is 11.9 Å². The lowest BCUT2D eigenvalue weighted by molar-refractivity contribution is -0.136. The maximum Gasteiger partial charge on any atom is 0.309 e. The van der Waals surface area contributed by atoms with Crippen LogP contribution in [0.3, 0.4) is 0 Å². The summed E-state index contributed by atoms with van der Waals surface area (Å²) in [6.07, 6.45) is 2.77. The Hall–Kier alpha value is -2.88. The molecule has 0 fully saturated rings. The first kappa shape index (κ1) is 23.8. The number of halogens is 2. The highest BCUT2D eigenvalue weighted by atomic mass is 79.9. The molecule has 7 nitrogen and oxygen atoms in total. The molecule has 0 saturated heterocycles. The number of anilines is 1. The number of nitrogens with zero attached hydrogens (tertiary/aromatic N) is 1. The number of aromatic nitrogens is 1. The fourth-order valence-corrected chi connectivity index (χ4v) is 4.14. The summed E-state index contributed by atoms with van der Waals surface area (Å²) in [6.45, 7) is 0.268. The van der Waals surface area contributed by atoms with Gasteiger partial charge in [-0.15, -0.1) is 11.3 Å². The van der Waals surface area contributed by atoms with Gasteiger partial charge in [0.1, 0.15) is 6.61 Å². The van der Waals surface area contributed by atoms with E-state index in [4.69, 9.17) is 26.2 Å². The van der Waals surface area contributed by atoms with Crippen molar-refractivity contribution in [1.29, 1.82) is 0 Å². The lowest BCUT2D eigenvalue weighted by Gasteiger charge is -2.14. The molecule has 3 aromatic rings. The van der Waals surface area contributed by atoms with Gasteiger partial charge in [-0.3, -0.25) is 14.9 Å². The van der Waals surface area contributed by atoms with Crippen LogP contribution >= 0.6 is 38.9 Å². The van der Waals surface area contributed by atoms with Gasteiger partial charge in [-0.1, -0.05) is 29.8 Å². The quantitative estimate of drug-likeness (QED) is 0.354. The number of amides is 1. The topological polar surface area (TPSA) is 97.8 Å². The number of carbonyl (C=O) groups excluding carboxylic acids is 1. The zero-order chi connectivity index (χ0) is 23.1. The van der Waals surface area contributed by atoms with Crippen LogP contribution in [0.2, 0.25) is 5.02 Å². The van der Waals surface area contributed by atoms with Gasteiger partial charge in [0.25, 0.3) is 0 Å². The highest BCUT2D eigenvalue weighted by molar-refractivity contribution is 9.10.